The number of allylic oxidation sites excluding steroid dienone is 2. The maximum Gasteiger partial charge on any atom is 0.228 e. The van der Waals surface area contributed by atoms with Crippen molar-refractivity contribution in [1.82, 2.24) is 15.2 Å². The van der Waals surface area contributed by atoms with Crippen LogP contribution in [-0.2, 0) is 16.0 Å². The lowest BCUT2D eigenvalue weighted by atomic mass is 9.79. The largest absolute Gasteiger partial charge is 0.353 e. The second-order valence-electron chi connectivity index (χ2n) is 9.51. The molecule has 5 nitrogen and oxygen atoms in total. The predicted octanol–water partition coefficient (Wildman–Crippen LogP) is 4.39. The van der Waals surface area contributed by atoms with Crippen molar-refractivity contribution >= 4 is 11.8 Å². The van der Waals surface area contributed by atoms with Crippen LogP contribution in [0.3, 0.4) is 0 Å². The molecule has 1 aromatic carbocycles. The summed E-state index contributed by atoms with van der Waals surface area (Å²) in [5, 5.41) is 3.13. The molecule has 1 saturated heterocycles. The highest BCUT2D eigenvalue weighted by Gasteiger charge is 2.46. The molecular formula is C27H33N3O2. The molecule has 2 amide bonds. The Balaban J connectivity index is 1.57. The Morgan fingerprint density at radius 3 is 2.69 bits per heavy atom. The van der Waals surface area contributed by atoms with E-state index in [0.717, 1.165) is 36.0 Å². The van der Waals surface area contributed by atoms with Crippen LogP contribution in [0.2, 0.25) is 0 Å². The predicted molar refractivity (Wildman–Crippen MR) is 127 cm³/mol. The maximum atomic E-state index is 13.4. The Morgan fingerprint density at radius 1 is 1.16 bits per heavy atom. The summed E-state index contributed by atoms with van der Waals surface area (Å²) < 4.78 is 0. The maximum absolute atomic E-state index is 13.4. The number of amides is 2. The van der Waals surface area contributed by atoms with E-state index in [2.05, 4.69) is 40.7 Å². The van der Waals surface area contributed by atoms with Gasteiger partial charge in [0, 0.05) is 37.4 Å². The smallest absolute Gasteiger partial charge is 0.228 e. The van der Waals surface area contributed by atoms with E-state index in [1.54, 1.807) is 12.4 Å². The summed E-state index contributed by atoms with van der Waals surface area (Å²) in [6.45, 7) is 5.11. The first-order valence-electron chi connectivity index (χ1n) is 11.7. The molecule has 32 heavy (non-hydrogen) atoms. The van der Waals surface area contributed by atoms with Gasteiger partial charge in [-0.15, -0.1) is 0 Å². The van der Waals surface area contributed by atoms with Gasteiger partial charge in [-0.3, -0.25) is 14.6 Å². The first kappa shape index (κ1) is 22.3. The summed E-state index contributed by atoms with van der Waals surface area (Å²) in [6.07, 6.45) is 11.9. The van der Waals surface area contributed by atoms with Crippen molar-refractivity contribution in [1.29, 1.82) is 0 Å². The molecule has 1 aliphatic carbocycles. The Bertz CT molecular complexity index is 985. The van der Waals surface area contributed by atoms with Gasteiger partial charge in [-0.05, 0) is 74.8 Å². The molecule has 0 saturated carbocycles. The van der Waals surface area contributed by atoms with Crippen molar-refractivity contribution in [3.63, 3.8) is 0 Å². The number of carbonyl (C=O) groups is 2. The molecule has 1 fully saturated rings. The first-order valence-corrected chi connectivity index (χ1v) is 11.7. The van der Waals surface area contributed by atoms with E-state index in [1.807, 2.05) is 36.9 Å². The molecule has 1 aromatic heterocycles. The van der Waals surface area contributed by atoms with E-state index < -0.39 is 5.41 Å². The normalized spacial score (nSPS) is 22.8. The minimum Gasteiger partial charge on any atom is -0.353 e. The average molecular weight is 432 g/mol. The molecule has 5 heteroatoms. The molecule has 1 N–H and O–H groups in total. The zero-order valence-electron chi connectivity index (χ0n) is 19.1. The Morgan fingerprint density at radius 2 is 1.97 bits per heavy atom. The van der Waals surface area contributed by atoms with Crippen molar-refractivity contribution in [2.75, 3.05) is 13.1 Å². The van der Waals surface area contributed by atoms with Gasteiger partial charge >= 0.3 is 0 Å². The topological polar surface area (TPSA) is 62.3 Å². The molecule has 2 aliphatic rings. The highest BCUT2D eigenvalue weighted by atomic mass is 16.2. The third-order valence-corrected chi connectivity index (χ3v) is 6.67. The van der Waals surface area contributed by atoms with E-state index in [0.29, 0.717) is 25.9 Å². The van der Waals surface area contributed by atoms with Crippen molar-refractivity contribution in [2.24, 2.45) is 11.3 Å². The van der Waals surface area contributed by atoms with Crippen molar-refractivity contribution in [3.8, 4) is 11.1 Å². The number of likely N-dealkylation sites (tertiary alicyclic amines) is 1. The zero-order valence-corrected chi connectivity index (χ0v) is 19.1. The summed E-state index contributed by atoms with van der Waals surface area (Å²) in [5.41, 5.74) is 2.75. The summed E-state index contributed by atoms with van der Waals surface area (Å²) in [7, 11) is 0. The van der Waals surface area contributed by atoms with Gasteiger partial charge in [0.15, 0.2) is 0 Å². The third kappa shape index (κ3) is 4.93. The monoisotopic (exact) mass is 431 g/mol. The summed E-state index contributed by atoms with van der Waals surface area (Å²) in [4.78, 5) is 32.6. The second kappa shape index (κ2) is 9.68. The number of rotatable bonds is 6. The number of nitrogens with one attached hydrogen (secondary N) is 1. The number of benzene rings is 1. The van der Waals surface area contributed by atoms with E-state index in [1.165, 1.54) is 0 Å². The Labute approximate surface area is 190 Å². The lowest BCUT2D eigenvalue weighted by molar-refractivity contribution is -0.136. The van der Waals surface area contributed by atoms with E-state index in [-0.39, 0.29) is 23.8 Å². The molecular weight excluding hydrogens is 398 g/mol. The van der Waals surface area contributed by atoms with Crippen LogP contribution in [0.15, 0.2) is 60.9 Å². The molecule has 2 atom stereocenters. The lowest BCUT2D eigenvalue weighted by Crippen LogP contribution is -2.47. The SMILES string of the molecule is CC(C)NC(=O)[C@]1(Cc2cccc(-c3ccncc3)c2)CCN(C(=O)[C@H]2CC=CCC2)C1. The average Bonchev–Trinajstić information content (AvgIpc) is 3.25. The van der Waals surface area contributed by atoms with Gasteiger partial charge in [0.2, 0.25) is 11.8 Å². The number of nitrogens with zero attached hydrogens (tertiary/aromatic N) is 2. The molecule has 2 heterocycles. The second-order valence-corrected chi connectivity index (χ2v) is 9.51. The fourth-order valence-electron chi connectivity index (χ4n) is 4.96. The van der Waals surface area contributed by atoms with Gasteiger partial charge < -0.3 is 10.2 Å². The number of hydrogen-bond acceptors (Lipinski definition) is 3. The minimum atomic E-state index is -0.596. The molecule has 4 rings (SSSR count). The van der Waals surface area contributed by atoms with Crippen molar-refractivity contribution in [2.45, 2.75) is 52.0 Å². The highest BCUT2D eigenvalue weighted by molar-refractivity contribution is 5.86. The summed E-state index contributed by atoms with van der Waals surface area (Å²) >= 11 is 0. The van der Waals surface area contributed by atoms with E-state index in [4.69, 9.17) is 0 Å². The molecule has 0 radical (unpaired) electrons. The van der Waals surface area contributed by atoms with Crippen LogP contribution in [-0.4, -0.2) is 40.8 Å². The quantitative estimate of drug-likeness (QED) is 0.690. The first-order chi connectivity index (χ1) is 15.5. The summed E-state index contributed by atoms with van der Waals surface area (Å²) in [5.74, 6) is 0.318. The highest BCUT2D eigenvalue weighted by Crippen LogP contribution is 2.37. The number of aromatic nitrogens is 1. The van der Waals surface area contributed by atoms with Gasteiger partial charge in [0.1, 0.15) is 0 Å². The van der Waals surface area contributed by atoms with Gasteiger partial charge in [0.05, 0.1) is 5.41 Å². The fourth-order valence-corrected chi connectivity index (χ4v) is 4.96. The lowest BCUT2D eigenvalue weighted by Gasteiger charge is -2.31. The molecule has 0 unspecified atom stereocenters. The standard InChI is InChI=1S/C27H33N3O2/c1-20(2)29-26(32)27(13-16-30(19-27)25(31)23-8-4-3-5-9-23)18-21-7-6-10-24(17-21)22-11-14-28-15-12-22/h3-4,6-7,10-12,14-15,17,20,23H,5,8-9,13,16,18-19H2,1-2H3,(H,29,32)/t23-,27-/m0/s1. The Hall–Kier alpha value is -2.95. The fraction of sp³-hybridized carbons (Fsp3) is 0.444. The van der Waals surface area contributed by atoms with Crippen LogP contribution < -0.4 is 5.32 Å². The van der Waals surface area contributed by atoms with Gasteiger partial charge in [-0.25, -0.2) is 0 Å². The van der Waals surface area contributed by atoms with Crippen LogP contribution in [0.25, 0.3) is 11.1 Å². The van der Waals surface area contributed by atoms with Crippen LogP contribution in [0, 0.1) is 11.3 Å². The minimum absolute atomic E-state index is 0.0546. The molecule has 1 aliphatic heterocycles. The van der Waals surface area contributed by atoms with Crippen LogP contribution in [0.4, 0.5) is 0 Å². The molecule has 168 valence electrons. The van der Waals surface area contributed by atoms with E-state index >= 15 is 0 Å². The van der Waals surface area contributed by atoms with Crippen LogP contribution in [0.5, 0.6) is 0 Å². The van der Waals surface area contributed by atoms with Gasteiger partial charge in [0.25, 0.3) is 0 Å². The zero-order chi connectivity index (χ0) is 22.6. The third-order valence-electron chi connectivity index (χ3n) is 6.67. The number of pyridine rings is 1. The van der Waals surface area contributed by atoms with Crippen molar-refractivity contribution < 1.29 is 9.59 Å². The van der Waals surface area contributed by atoms with E-state index in [9.17, 15) is 9.59 Å². The van der Waals surface area contributed by atoms with Crippen LogP contribution >= 0.6 is 0 Å². The number of carbonyl (C=O) groups excluding carboxylic acids is 2. The molecule has 0 spiro atoms. The molecule has 0 bridgehead atoms. The van der Waals surface area contributed by atoms with Crippen LogP contribution in [0.1, 0.15) is 45.1 Å². The van der Waals surface area contributed by atoms with Crippen molar-refractivity contribution in [3.05, 3.63) is 66.5 Å². The van der Waals surface area contributed by atoms with Gasteiger partial charge in [-0.1, -0.05) is 36.4 Å². The Kier molecular flexibility index (Phi) is 6.73. The van der Waals surface area contributed by atoms with Gasteiger partial charge in [-0.2, -0.15) is 0 Å². The summed E-state index contributed by atoms with van der Waals surface area (Å²) in [6, 6.07) is 12.4. The molecule has 2 aromatic rings. The number of hydrogen-bond donors (Lipinski definition) is 1.